The molecule has 6 rings (SSSR count). The number of rotatable bonds is 7. The molecule has 1 aliphatic carbocycles. The SMILES string of the molecule is Cc1nc2cc(SN(C)c3ccc(C4C[C@H](N5CCC(F)(F)C5)CC(C(=O)Nc5ccc(C(F)(F)F)cc5F)[C@@H]4C)cc3)ccc2n1C. The Morgan fingerprint density at radius 3 is 2.44 bits per heavy atom. The van der Waals surface area contributed by atoms with E-state index < -0.39 is 41.8 Å². The second-order valence-corrected chi connectivity index (χ2v) is 14.2. The molecule has 2 aliphatic rings. The maximum absolute atomic E-state index is 14.7. The molecular weight excluding hydrogens is 652 g/mol. The molecule has 0 spiro atoms. The summed E-state index contributed by atoms with van der Waals surface area (Å²) < 4.78 is 86.5. The summed E-state index contributed by atoms with van der Waals surface area (Å²) in [7, 11) is 3.94. The number of amides is 1. The van der Waals surface area contributed by atoms with Gasteiger partial charge in [-0.2, -0.15) is 13.2 Å². The Kier molecular flexibility index (Phi) is 9.22. The van der Waals surface area contributed by atoms with Gasteiger partial charge in [-0.05, 0) is 97.6 Å². The number of carbonyl (C=O) groups excluding carboxylic acids is 1. The molecule has 13 heteroatoms. The van der Waals surface area contributed by atoms with Crippen molar-refractivity contribution < 1.29 is 31.1 Å². The maximum Gasteiger partial charge on any atom is 0.416 e. The Morgan fingerprint density at radius 2 is 1.79 bits per heavy atom. The van der Waals surface area contributed by atoms with Gasteiger partial charge in [-0.1, -0.05) is 19.1 Å². The number of imidazole rings is 1. The molecule has 0 bridgehead atoms. The van der Waals surface area contributed by atoms with Gasteiger partial charge in [0.15, 0.2) is 0 Å². The van der Waals surface area contributed by atoms with Crippen LogP contribution in [0.15, 0.2) is 65.6 Å². The van der Waals surface area contributed by atoms with Crippen molar-refractivity contribution >= 4 is 40.3 Å². The lowest BCUT2D eigenvalue weighted by molar-refractivity contribution is -0.137. The fraction of sp³-hybridized carbons (Fsp3) is 0.429. The summed E-state index contributed by atoms with van der Waals surface area (Å²) in [6, 6.07) is 15.7. The van der Waals surface area contributed by atoms with Gasteiger partial charge in [0.05, 0.1) is 28.8 Å². The standard InChI is InChI=1S/C35H37F6N5OS/c1-20-27(22-5-8-24(9-6-22)45(4)48-26-10-12-32-31(18-26)42-21(2)44(32)3)16-25(46-14-13-34(37,38)19-46)17-28(20)33(47)43-30-11-7-23(15-29(30)36)35(39,40)41/h5-12,15,18,20,25,27-28H,13-14,16-17,19H2,1-4H3,(H,43,47)/t20-,25+,27?,28?/m1/s1. The minimum atomic E-state index is -4.73. The normalized spacial score (nSPS) is 23.0. The van der Waals surface area contributed by atoms with Crippen LogP contribution in [0.2, 0.25) is 0 Å². The molecule has 2 fully saturated rings. The number of hydrogen-bond donors (Lipinski definition) is 1. The molecule has 48 heavy (non-hydrogen) atoms. The number of aryl methyl sites for hydroxylation is 2. The summed E-state index contributed by atoms with van der Waals surface area (Å²) in [4.78, 5) is 21.0. The highest BCUT2D eigenvalue weighted by atomic mass is 32.2. The van der Waals surface area contributed by atoms with Gasteiger partial charge in [-0.15, -0.1) is 0 Å². The van der Waals surface area contributed by atoms with Gasteiger partial charge in [-0.3, -0.25) is 9.69 Å². The third-order valence-electron chi connectivity index (χ3n) is 9.93. The van der Waals surface area contributed by atoms with E-state index >= 15 is 0 Å². The molecular formula is C35H37F6N5OS. The fourth-order valence-electron chi connectivity index (χ4n) is 7.07. The van der Waals surface area contributed by atoms with Crippen LogP contribution in [0, 0.1) is 24.6 Å². The number of halogens is 6. The monoisotopic (exact) mass is 689 g/mol. The molecule has 1 aromatic heterocycles. The third kappa shape index (κ3) is 7.03. The van der Waals surface area contributed by atoms with Gasteiger partial charge < -0.3 is 14.2 Å². The van der Waals surface area contributed by atoms with E-state index in [0.29, 0.717) is 12.5 Å². The quantitative estimate of drug-likeness (QED) is 0.156. The molecule has 0 radical (unpaired) electrons. The Bertz CT molecular complexity index is 1810. The number of nitrogens with one attached hydrogen (secondary N) is 1. The number of aromatic nitrogens is 2. The smallest absolute Gasteiger partial charge is 0.331 e. The van der Waals surface area contributed by atoms with Gasteiger partial charge >= 0.3 is 6.18 Å². The van der Waals surface area contributed by atoms with E-state index in [4.69, 9.17) is 0 Å². The molecule has 2 unspecified atom stereocenters. The Labute approximate surface area is 279 Å². The predicted octanol–water partition coefficient (Wildman–Crippen LogP) is 8.66. The molecule has 3 aromatic carbocycles. The number of hydrogen-bond acceptors (Lipinski definition) is 5. The van der Waals surface area contributed by atoms with Crippen molar-refractivity contribution in [2.75, 3.05) is 29.8 Å². The number of alkyl halides is 5. The van der Waals surface area contributed by atoms with E-state index in [2.05, 4.69) is 10.3 Å². The molecule has 1 amide bonds. The summed E-state index contributed by atoms with van der Waals surface area (Å²) in [5.74, 6) is -4.74. The molecule has 4 aromatic rings. The van der Waals surface area contributed by atoms with Crippen molar-refractivity contribution in [1.29, 1.82) is 0 Å². The average molecular weight is 690 g/mol. The average Bonchev–Trinajstić information content (AvgIpc) is 3.54. The minimum Gasteiger partial charge on any atom is -0.331 e. The number of likely N-dealkylation sites (tertiary alicyclic amines) is 1. The van der Waals surface area contributed by atoms with Gasteiger partial charge in [-0.25, -0.2) is 18.2 Å². The van der Waals surface area contributed by atoms with Crippen LogP contribution in [-0.2, 0) is 18.0 Å². The van der Waals surface area contributed by atoms with Gasteiger partial charge in [0.1, 0.15) is 11.6 Å². The van der Waals surface area contributed by atoms with E-state index in [0.717, 1.165) is 45.1 Å². The highest BCUT2D eigenvalue weighted by Gasteiger charge is 2.46. The first kappa shape index (κ1) is 34.2. The van der Waals surface area contributed by atoms with Gasteiger partial charge in [0.25, 0.3) is 5.92 Å². The third-order valence-corrected chi connectivity index (χ3v) is 10.9. The lowest BCUT2D eigenvalue weighted by atomic mass is 9.67. The zero-order valence-electron chi connectivity index (χ0n) is 27.0. The van der Waals surface area contributed by atoms with Crippen LogP contribution in [0.4, 0.5) is 37.7 Å². The Morgan fingerprint density at radius 1 is 1.06 bits per heavy atom. The van der Waals surface area contributed by atoms with Crippen molar-refractivity contribution in [3.05, 3.63) is 83.4 Å². The predicted molar refractivity (Wildman–Crippen MR) is 176 cm³/mol. The lowest BCUT2D eigenvalue weighted by Crippen LogP contribution is -2.46. The van der Waals surface area contributed by atoms with Crippen molar-refractivity contribution in [3.63, 3.8) is 0 Å². The molecule has 6 nitrogen and oxygen atoms in total. The van der Waals surface area contributed by atoms with E-state index in [1.165, 1.54) is 0 Å². The second-order valence-electron chi connectivity index (χ2n) is 13.0. The van der Waals surface area contributed by atoms with Crippen LogP contribution >= 0.6 is 11.9 Å². The van der Waals surface area contributed by atoms with Crippen LogP contribution in [0.25, 0.3) is 11.0 Å². The number of benzene rings is 3. The van der Waals surface area contributed by atoms with E-state index in [1.807, 2.05) is 79.3 Å². The molecule has 4 atom stereocenters. The second kappa shape index (κ2) is 13.0. The first-order chi connectivity index (χ1) is 22.6. The van der Waals surface area contributed by atoms with Crippen LogP contribution in [0.5, 0.6) is 0 Å². The van der Waals surface area contributed by atoms with Crippen LogP contribution in [0.1, 0.15) is 49.1 Å². The van der Waals surface area contributed by atoms with Gasteiger partial charge in [0, 0.05) is 49.6 Å². The van der Waals surface area contributed by atoms with E-state index in [9.17, 15) is 31.1 Å². The highest BCUT2D eigenvalue weighted by Crippen LogP contribution is 2.45. The van der Waals surface area contributed by atoms with Crippen LogP contribution < -0.4 is 9.62 Å². The highest BCUT2D eigenvalue weighted by molar-refractivity contribution is 8.00. The first-order valence-corrected chi connectivity index (χ1v) is 16.6. The summed E-state index contributed by atoms with van der Waals surface area (Å²) in [6.07, 6.45) is -4.15. The zero-order chi connectivity index (χ0) is 34.5. The first-order valence-electron chi connectivity index (χ1n) is 15.8. The molecule has 2 heterocycles. The van der Waals surface area contributed by atoms with Crippen LogP contribution in [-0.4, -0.2) is 52.5 Å². The molecule has 1 N–H and O–H groups in total. The number of fused-ring (bicyclic) bond motifs is 1. The van der Waals surface area contributed by atoms with E-state index in [1.54, 1.807) is 16.8 Å². The number of nitrogens with zero attached hydrogens (tertiary/aromatic N) is 4. The largest absolute Gasteiger partial charge is 0.416 e. The Hall–Kier alpha value is -3.71. The summed E-state index contributed by atoms with van der Waals surface area (Å²) in [5, 5.41) is 2.49. The van der Waals surface area contributed by atoms with Crippen molar-refractivity contribution in [1.82, 2.24) is 14.5 Å². The van der Waals surface area contributed by atoms with Crippen molar-refractivity contribution in [2.24, 2.45) is 18.9 Å². The fourth-order valence-corrected chi connectivity index (χ4v) is 7.90. The minimum absolute atomic E-state index is 0.173. The van der Waals surface area contributed by atoms with Crippen molar-refractivity contribution in [2.45, 2.75) is 62.1 Å². The molecule has 1 saturated heterocycles. The van der Waals surface area contributed by atoms with Gasteiger partial charge in [0.2, 0.25) is 5.91 Å². The zero-order valence-corrected chi connectivity index (χ0v) is 27.8. The summed E-state index contributed by atoms with van der Waals surface area (Å²) in [5.41, 5.74) is 2.35. The number of anilines is 2. The maximum atomic E-state index is 14.7. The summed E-state index contributed by atoms with van der Waals surface area (Å²) in [6.45, 7) is 3.68. The molecule has 1 saturated carbocycles. The topological polar surface area (TPSA) is 53.4 Å². The van der Waals surface area contributed by atoms with E-state index in [-0.39, 0.29) is 43.0 Å². The lowest BCUT2D eigenvalue weighted by Gasteiger charge is -2.43. The van der Waals surface area contributed by atoms with Crippen molar-refractivity contribution in [3.8, 4) is 0 Å². The Balaban J connectivity index is 1.21. The number of carbonyl (C=O) groups is 1. The summed E-state index contributed by atoms with van der Waals surface area (Å²) >= 11 is 1.55. The van der Waals surface area contributed by atoms with Crippen LogP contribution in [0.3, 0.4) is 0 Å². The molecule has 256 valence electrons. The molecule has 1 aliphatic heterocycles.